The molecule has 3 aromatic rings. The molecule has 1 fully saturated rings. The van der Waals surface area contributed by atoms with Gasteiger partial charge in [0.05, 0.1) is 6.61 Å². The Morgan fingerprint density at radius 1 is 1.03 bits per heavy atom. The first kappa shape index (κ1) is 28.9. The van der Waals surface area contributed by atoms with Crippen molar-refractivity contribution in [1.29, 1.82) is 0 Å². The molecular formula is C31H38N2O5. The van der Waals surface area contributed by atoms with E-state index in [1.54, 1.807) is 11.1 Å². The predicted molar refractivity (Wildman–Crippen MR) is 148 cm³/mol. The Labute approximate surface area is 225 Å². The summed E-state index contributed by atoms with van der Waals surface area (Å²) >= 11 is 0. The van der Waals surface area contributed by atoms with Gasteiger partial charge < -0.3 is 19.8 Å². The highest BCUT2D eigenvalue weighted by Gasteiger charge is 2.34. The van der Waals surface area contributed by atoms with Gasteiger partial charge in [0.1, 0.15) is 5.75 Å². The maximum absolute atomic E-state index is 13.8. The van der Waals surface area contributed by atoms with Gasteiger partial charge in [0.15, 0.2) is 6.23 Å². The molecule has 1 aliphatic carbocycles. The third-order valence-electron chi connectivity index (χ3n) is 6.80. The minimum Gasteiger partial charge on any atom is -0.493 e. The fourth-order valence-corrected chi connectivity index (χ4v) is 4.83. The summed E-state index contributed by atoms with van der Waals surface area (Å²) in [5.74, 6) is 0.499. The highest BCUT2D eigenvalue weighted by atomic mass is 16.5. The van der Waals surface area contributed by atoms with Gasteiger partial charge in [0.2, 0.25) is 0 Å². The van der Waals surface area contributed by atoms with E-state index in [-0.39, 0.29) is 18.4 Å². The summed E-state index contributed by atoms with van der Waals surface area (Å²) in [7, 11) is 0. The topological polar surface area (TPSA) is 100.0 Å². The van der Waals surface area contributed by atoms with Crippen LogP contribution in [0.25, 0.3) is 11.1 Å². The zero-order valence-corrected chi connectivity index (χ0v) is 22.0. The number of ether oxygens (including phenoxy) is 1. The standard InChI is InChI=1S/C30H36N2O3.CH2O2/c1-2-3-4-9-21-35-28-15-8-7-14-27(28)30(34)32(26-12-5-6-13-26)29(33)24-18-16-23(17-19-24)25-11-10-20-31-22-25;2-1-3/h7-8,10-11,14-20,22,26,30,34H,2-6,9,12-13,21H2,1H3;1H,(H,2,3). The lowest BCUT2D eigenvalue weighted by atomic mass is 10.0. The van der Waals surface area contributed by atoms with E-state index >= 15 is 0 Å². The maximum Gasteiger partial charge on any atom is 0.290 e. The molecule has 1 aliphatic rings. The zero-order valence-electron chi connectivity index (χ0n) is 22.0. The van der Waals surface area contributed by atoms with E-state index in [9.17, 15) is 9.90 Å². The number of carbonyl (C=O) groups is 2. The number of hydrogen-bond acceptors (Lipinski definition) is 5. The van der Waals surface area contributed by atoms with Crippen molar-refractivity contribution in [1.82, 2.24) is 9.88 Å². The number of aliphatic hydroxyl groups excluding tert-OH is 1. The molecule has 2 N–H and O–H groups in total. The fraction of sp³-hybridized carbons (Fsp3) is 0.387. The van der Waals surface area contributed by atoms with Crippen molar-refractivity contribution < 1.29 is 24.5 Å². The van der Waals surface area contributed by atoms with Crippen LogP contribution in [-0.4, -0.2) is 45.1 Å². The molecule has 0 bridgehead atoms. The number of hydrogen-bond donors (Lipinski definition) is 2. The number of carbonyl (C=O) groups excluding carboxylic acids is 1. The van der Waals surface area contributed by atoms with Gasteiger partial charge in [-0.15, -0.1) is 0 Å². The minimum atomic E-state index is -1.06. The van der Waals surface area contributed by atoms with Crippen molar-refractivity contribution in [3.8, 4) is 16.9 Å². The average Bonchev–Trinajstić information content (AvgIpc) is 3.48. The predicted octanol–water partition coefficient (Wildman–Crippen LogP) is 6.48. The first-order valence-corrected chi connectivity index (χ1v) is 13.4. The van der Waals surface area contributed by atoms with Crippen LogP contribution in [0.4, 0.5) is 0 Å². The Hall–Kier alpha value is -3.71. The highest BCUT2D eigenvalue weighted by molar-refractivity contribution is 5.95. The van der Waals surface area contributed by atoms with Gasteiger partial charge in [-0.3, -0.25) is 14.6 Å². The van der Waals surface area contributed by atoms with E-state index < -0.39 is 6.23 Å². The lowest BCUT2D eigenvalue weighted by molar-refractivity contribution is -0.122. The second-order valence-corrected chi connectivity index (χ2v) is 9.40. The van der Waals surface area contributed by atoms with Crippen LogP contribution in [0.15, 0.2) is 73.1 Å². The Kier molecular flexibility index (Phi) is 11.8. The van der Waals surface area contributed by atoms with Gasteiger partial charge in [-0.2, -0.15) is 0 Å². The van der Waals surface area contributed by atoms with Gasteiger partial charge in [-0.05, 0) is 54.7 Å². The quantitative estimate of drug-likeness (QED) is 0.171. The van der Waals surface area contributed by atoms with Crippen molar-refractivity contribution in [2.75, 3.05) is 6.61 Å². The zero-order chi connectivity index (χ0) is 27.2. The summed E-state index contributed by atoms with van der Waals surface area (Å²) in [6, 6.07) is 19.0. The third-order valence-corrected chi connectivity index (χ3v) is 6.80. The monoisotopic (exact) mass is 518 g/mol. The second-order valence-electron chi connectivity index (χ2n) is 9.40. The molecule has 4 rings (SSSR count). The van der Waals surface area contributed by atoms with Crippen LogP contribution in [-0.2, 0) is 4.79 Å². The smallest absolute Gasteiger partial charge is 0.290 e. The number of pyridine rings is 1. The van der Waals surface area contributed by atoms with Crippen LogP contribution in [0.5, 0.6) is 5.75 Å². The van der Waals surface area contributed by atoms with Crippen LogP contribution in [0, 0.1) is 0 Å². The van der Waals surface area contributed by atoms with Crippen molar-refractivity contribution >= 4 is 12.4 Å². The molecule has 0 radical (unpaired) electrons. The Morgan fingerprint density at radius 3 is 2.39 bits per heavy atom. The van der Waals surface area contributed by atoms with Crippen LogP contribution in [0.3, 0.4) is 0 Å². The first-order valence-electron chi connectivity index (χ1n) is 13.4. The molecule has 202 valence electrons. The summed E-state index contributed by atoms with van der Waals surface area (Å²) in [6.45, 7) is 2.55. The second kappa shape index (κ2) is 15.5. The summed E-state index contributed by atoms with van der Waals surface area (Å²) in [5, 5.41) is 18.4. The number of unbranched alkanes of at least 4 members (excludes halogenated alkanes) is 3. The van der Waals surface area contributed by atoms with Gasteiger partial charge in [0.25, 0.3) is 12.4 Å². The lowest BCUT2D eigenvalue weighted by Crippen LogP contribution is -2.42. The van der Waals surface area contributed by atoms with Crippen molar-refractivity contribution in [3.63, 3.8) is 0 Å². The molecule has 38 heavy (non-hydrogen) atoms. The van der Waals surface area contributed by atoms with Gasteiger partial charge in [-0.1, -0.05) is 75.4 Å². The molecule has 2 aromatic carbocycles. The van der Waals surface area contributed by atoms with Gasteiger partial charge >= 0.3 is 0 Å². The summed E-state index contributed by atoms with van der Waals surface area (Å²) in [4.78, 5) is 28.0. The van der Waals surface area contributed by atoms with Crippen LogP contribution >= 0.6 is 0 Å². The van der Waals surface area contributed by atoms with Crippen LogP contribution in [0.2, 0.25) is 0 Å². The minimum absolute atomic E-state index is 0.00751. The molecule has 0 saturated heterocycles. The average molecular weight is 519 g/mol. The number of para-hydroxylation sites is 1. The summed E-state index contributed by atoms with van der Waals surface area (Å²) in [6.07, 6.45) is 10.9. The maximum atomic E-state index is 13.8. The Morgan fingerprint density at radius 2 is 1.74 bits per heavy atom. The van der Waals surface area contributed by atoms with Crippen molar-refractivity contribution in [2.24, 2.45) is 0 Å². The van der Waals surface area contributed by atoms with E-state index in [1.807, 2.05) is 66.9 Å². The number of benzene rings is 2. The van der Waals surface area contributed by atoms with E-state index in [2.05, 4.69) is 11.9 Å². The highest BCUT2D eigenvalue weighted by Crippen LogP contribution is 2.35. The number of nitrogens with zero attached hydrogens (tertiary/aromatic N) is 2. The largest absolute Gasteiger partial charge is 0.493 e. The van der Waals surface area contributed by atoms with E-state index in [0.717, 1.165) is 49.7 Å². The number of aromatic nitrogens is 1. The van der Waals surface area contributed by atoms with E-state index in [4.69, 9.17) is 14.6 Å². The Bertz CT molecular complexity index is 1110. The molecule has 1 amide bonds. The molecule has 1 saturated carbocycles. The third kappa shape index (κ3) is 7.89. The molecule has 1 heterocycles. The van der Waals surface area contributed by atoms with Crippen molar-refractivity contribution in [3.05, 3.63) is 84.2 Å². The normalized spacial score (nSPS) is 13.7. The summed E-state index contributed by atoms with van der Waals surface area (Å²) < 4.78 is 6.06. The first-order chi connectivity index (χ1) is 18.6. The molecule has 1 atom stereocenters. The molecule has 1 aromatic heterocycles. The molecule has 0 spiro atoms. The van der Waals surface area contributed by atoms with Gasteiger partial charge in [0, 0.05) is 29.6 Å². The Balaban J connectivity index is 0.00000127. The van der Waals surface area contributed by atoms with Crippen LogP contribution < -0.4 is 4.74 Å². The van der Waals surface area contributed by atoms with E-state index in [1.165, 1.54) is 12.8 Å². The lowest BCUT2D eigenvalue weighted by Gasteiger charge is -2.34. The summed E-state index contributed by atoms with van der Waals surface area (Å²) in [5.41, 5.74) is 3.23. The number of carboxylic acid groups (broad SMARTS) is 1. The molecule has 1 unspecified atom stereocenters. The SMILES string of the molecule is CCCCCCOc1ccccc1C(O)N(C(=O)c1ccc(-c2cccnc2)cc1)C1CCCC1.O=CO. The fourth-order valence-electron chi connectivity index (χ4n) is 4.83. The van der Waals surface area contributed by atoms with Gasteiger partial charge in [-0.25, -0.2) is 0 Å². The molecule has 7 heteroatoms. The van der Waals surface area contributed by atoms with Crippen LogP contribution in [0.1, 0.15) is 80.4 Å². The van der Waals surface area contributed by atoms with Crippen molar-refractivity contribution in [2.45, 2.75) is 70.6 Å². The molecular weight excluding hydrogens is 480 g/mol. The molecule has 0 aliphatic heterocycles. The number of aliphatic hydroxyl groups is 1. The number of amides is 1. The number of rotatable bonds is 11. The van der Waals surface area contributed by atoms with E-state index in [0.29, 0.717) is 23.5 Å². The molecule has 7 nitrogen and oxygen atoms in total.